The van der Waals surface area contributed by atoms with E-state index in [1.54, 1.807) is 25.1 Å². The molecule has 0 fully saturated rings. The van der Waals surface area contributed by atoms with Gasteiger partial charge in [-0.2, -0.15) is 0 Å². The van der Waals surface area contributed by atoms with Crippen LogP contribution in [0.25, 0.3) is 0 Å². The smallest absolute Gasteiger partial charge is 0.323 e. The minimum atomic E-state index is -0.430. The summed E-state index contributed by atoms with van der Waals surface area (Å²) >= 11 is 3.09. The molecule has 0 radical (unpaired) electrons. The Bertz CT molecular complexity index is 677. The molecule has 2 aromatic rings. The molecule has 2 amide bonds. The molecular weight excluding hydrogens is 339 g/mol. The van der Waals surface area contributed by atoms with Crippen LogP contribution in [0, 0.1) is 12.7 Å². The van der Waals surface area contributed by atoms with Crippen molar-refractivity contribution >= 4 is 33.3 Å². The third kappa shape index (κ3) is 3.72. The van der Waals surface area contributed by atoms with Crippen molar-refractivity contribution in [2.24, 2.45) is 0 Å². The first kappa shape index (κ1) is 15.3. The van der Waals surface area contributed by atoms with Gasteiger partial charge >= 0.3 is 6.03 Å². The van der Waals surface area contributed by atoms with E-state index < -0.39 is 6.03 Å². The fourth-order valence-electron chi connectivity index (χ4n) is 1.80. The van der Waals surface area contributed by atoms with Crippen molar-refractivity contribution in [2.45, 2.75) is 6.92 Å². The van der Waals surface area contributed by atoms with Crippen molar-refractivity contribution in [1.82, 2.24) is 0 Å². The third-order valence-corrected chi connectivity index (χ3v) is 3.48. The first-order valence-corrected chi connectivity index (χ1v) is 6.97. The van der Waals surface area contributed by atoms with Gasteiger partial charge in [-0.05, 0) is 52.7 Å². The highest BCUT2D eigenvalue weighted by Gasteiger charge is 2.10. The van der Waals surface area contributed by atoms with Gasteiger partial charge in [0.05, 0.1) is 17.3 Å². The van der Waals surface area contributed by atoms with Crippen molar-refractivity contribution in [1.29, 1.82) is 0 Å². The molecule has 4 nitrogen and oxygen atoms in total. The molecule has 0 saturated carbocycles. The number of aryl methyl sites for hydroxylation is 1. The van der Waals surface area contributed by atoms with Crippen molar-refractivity contribution in [3.8, 4) is 5.75 Å². The molecule has 0 saturated heterocycles. The number of amides is 2. The number of carbonyl (C=O) groups excluding carboxylic acids is 1. The van der Waals surface area contributed by atoms with Gasteiger partial charge in [0.1, 0.15) is 11.6 Å². The van der Waals surface area contributed by atoms with E-state index in [9.17, 15) is 9.18 Å². The summed E-state index contributed by atoms with van der Waals surface area (Å²) in [4.78, 5) is 12.0. The zero-order valence-corrected chi connectivity index (χ0v) is 13.1. The molecule has 21 heavy (non-hydrogen) atoms. The number of nitrogens with one attached hydrogen (secondary N) is 2. The number of rotatable bonds is 3. The molecule has 110 valence electrons. The molecule has 0 spiro atoms. The molecule has 6 heteroatoms. The molecule has 0 heterocycles. The van der Waals surface area contributed by atoms with Crippen LogP contribution in [0.1, 0.15) is 5.56 Å². The third-order valence-electron chi connectivity index (χ3n) is 2.87. The standard InChI is InChI=1S/C15H14BrFN2O2/c1-9-7-11(17)10(16)8-13(9)19-15(20)18-12-5-3-4-6-14(12)21-2/h3-8H,1-2H3,(H2,18,19,20). The van der Waals surface area contributed by atoms with E-state index in [0.717, 1.165) is 0 Å². The van der Waals surface area contributed by atoms with Crippen LogP contribution in [0.3, 0.4) is 0 Å². The lowest BCUT2D eigenvalue weighted by molar-refractivity contribution is 0.262. The zero-order chi connectivity index (χ0) is 15.4. The summed E-state index contributed by atoms with van der Waals surface area (Å²) in [5.74, 6) is 0.188. The van der Waals surface area contributed by atoms with E-state index in [4.69, 9.17) is 4.74 Å². The number of hydrogen-bond acceptors (Lipinski definition) is 2. The molecule has 0 aliphatic rings. The van der Waals surface area contributed by atoms with Crippen molar-refractivity contribution in [3.05, 3.63) is 52.3 Å². The Kier molecular flexibility index (Phi) is 4.80. The summed E-state index contributed by atoms with van der Waals surface area (Å²) in [6.45, 7) is 1.72. The second-order valence-corrected chi connectivity index (χ2v) is 5.21. The molecule has 2 rings (SSSR count). The first-order valence-electron chi connectivity index (χ1n) is 6.18. The van der Waals surface area contributed by atoms with Gasteiger partial charge in [0, 0.05) is 5.69 Å². The fourth-order valence-corrected chi connectivity index (χ4v) is 2.15. The minimum Gasteiger partial charge on any atom is -0.495 e. The normalized spacial score (nSPS) is 10.1. The van der Waals surface area contributed by atoms with Crippen LogP contribution in [0.2, 0.25) is 0 Å². The zero-order valence-electron chi connectivity index (χ0n) is 11.5. The summed E-state index contributed by atoms with van der Waals surface area (Å²) in [5, 5.41) is 5.36. The predicted molar refractivity (Wildman–Crippen MR) is 84.5 cm³/mol. The number of para-hydroxylation sites is 2. The number of anilines is 2. The van der Waals surface area contributed by atoms with Gasteiger partial charge in [0.2, 0.25) is 0 Å². The lowest BCUT2D eigenvalue weighted by atomic mass is 10.2. The maximum Gasteiger partial charge on any atom is 0.323 e. The number of benzene rings is 2. The van der Waals surface area contributed by atoms with E-state index >= 15 is 0 Å². The van der Waals surface area contributed by atoms with Crippen LogP contribution in [0.15, 0.2) is 40.9 Å². The van der Waals surface area contributed by atoms with E-state index in [1.807, 2.05) is 6.07 Å². The summed E-state index contributed by atoms with van der Waals surface area (Å²) in [5.41, 5.74) is 1.71. The highest BCUT2D eigenvalue weighted by molar-refractivity contribution is 9.10. The largest absolute Gasteiger partial charge is 0.495 e. The van der Waals surface area contributed by atoms with Gasteiger partial charge in [-0.3, -0.25) is 0 Å². The first-order chi connectivity index (χ1) is 10.0. The van der Waals surface area contributed by atoms with Crippen LogP contribution in [-0.2, 0) is 0 Å². The number of carbonyl (C=O) groups is 1. The van der Waals surface area contributed by atoms with Gasteiger partial charge < -0.3 is 15.4 Å². The predicted octanol–water partition coefficient (Wildman–Crippen LogP) is 4.55. The molecule has 0 atom stereocenters. The number of methoxy groups -OCH3 is 1. The topological polar surface area (TPSA) is 50.4 Å². The van der Waals surface area contributed by atoms with Gasteiger partial charge in [-0.1, -0.05) is 12.1 Å². The minimum absolute atomic E-state index is 0.292. The SMILES string of the molecule is COc1ccccc1NC(=O)Nc1cc(Br)c(F)cc1C. The lowest BCUT2D eigenvalue weighted by Gasteiger charge is -2.12. The maximum absolute atomic E-state index is 13.4. The van der Waals surface area contributed by atoms with Crippen molar-refractivity contribution in [2.75, 3.05) is 17.7 Å². The molecule has 0 bridgehead atoms. The number of ether oxygens (including phenoxy) is 1. The van der Waals surface area contributed by atoms with Crippen molar-refractivity contribution < 1.29 is 13.9 Å². The van der Waals surface area contributed by atoms with Gasteiger partial charge in [-0.15, -0.1) is 0 Å². The van der Waals surface area contributed by atoms with E-state index in [-0.39, 0.29) is 5.82 Å². The average molecular weight is 353 g/mol. The Morgan fingerprint density at radius 2 is 1.86 bits per heavy atom. The van der Waals surface area contributed by atoms with Crippen LogP contribution in [0.5, 0.6) is 5.75 Å². The van der Waals surface area contributed by atoms with Gasteiger partial charge in [0.15, 0.2) is 0 Å². The van der Waals surface area contributed by atoms with Gasteiger partial charge in [-0.25, -0.2) is 9.18 Å². The molecular formula is C15H14BrFN2O2. The molecule has 2 aromatic carbocycles. The fraction of sp³-hybridized carbons (Fsp3) is 0.133. The monoisotopic (exact) mass is 352 g/mol. The number of halogens is 2. The van der Waals surface area contributed by atoms with E-state index in [2.05, 4.69) is 26.6 Å². The molecule has 2 N–H and O–H groups in total. The summed E-state index contributed by atoms with van der Waals surface area (Å²) in [7, 11) is 1.53. The quantitative estimate of drug-likeness (QED) is 0.851. The summed E-state index contributed by atoms with van der Waals surface area (Å²) < 4.78 is 18.8. The van der Waals surface area contributed by atoms with E-state index in [1.165, 1.54) is 19.2 Å². The average Bonchev–Trinajstić information content (AvgIpc) is 2.45. The Hall–Kier alpha value is -2.08. The van der Waals surface area contributed by atoms with Crippen molar-refractivity contribution in [3.63, 3.8) is 0 Å². The molecule has 0 unspecified atom stereocenters. The number of hydrogen-bond donors (Lipinski definition) is 2. The summed E-state index contributed by atoms with van der Waals surface area (Å²) in [6.07, 6.45) is 0. The second-order valence-electron chi connectivity index (χ2n) is 4.36. The van der Waals surface area contributed by atoms with Gasteiger partial charge in [0.25, 0.3) is 0 Å². The van der Waals surface area contributed by atoms with Crippen LogP contribution >= 0.6 is 15.9 Å². The van der Waals surface area contributed by atoms with Crippen LogP contribution < -0.4 is 15.4 Å². The highest BCUT2D eigenvalue weighted by Crippen LogP contribution is 2.26. The Morgan fingerprint density at radius 1 is 1.19 bits per heavy atom. The number of urea groups is 1. The lowest BCUT2D eigenvalue weighted by Crippen LogP contribution is -2.20. The van der Waals surface area contributed by atoms with E-state index in [0.29, 0.717) is 27.2 Å². The van der Waals surface area contributed by atoms with Crippen LogP contribution in [-0.4, -0.2) is 13.1 Å². The summed E-state index contributed by atoms with van der Waals surface area (Å²) in [6, 6.07) is 9.51. The second kappa shape index (κ2) is 6.58. The Morgan fingerprint density at radius 3 is 2.57 bits per heavy atom. The molecule has 0 aromatic heterocycles. The Balaban J connectivity index is 2.14. The molecule has 0 aliphatic carbocycles. The van der Waals surface area contributed by atoms with Crippen LogP contribution in [0.4, 0.5) is 20.6 Å². The molecule has 0 aliphatic heterocycles. The highest BCUT2D eigenvalue weighted by atomic mass is 79.9. The maximum atomic E-state index is 13.4. The Labute approximate surface area is 130 Å².